The summed E-state index contributed by atoms with van der Waals surface area (Å²) in [6, 6.07) is 7.02. The zero-order valence-corrected chi connectivity index (χ0v) is 13.3. The second-order valence-electron chi connectivity index (χ2n) is 4.57. The predicted octanol–water partition coefficient (Wildman–Crippen LogP) is 0.110. The Hall–Kier alpha value is -2.50. The van der Waals surface area contributed by atoms with Gasteiger partial charge in [0.15, 0.2) is 0 Å². The molecule has 0 saturated carbocycles. The molecule has 0 spiro atoms. The van der Waals surface area contributed by atoms with Gasteiger partial charge in [-0.2, -0.15) is 16.8 Å². The van der Waals surface area contributed by atoms with E-state index in [1.165, 1.54) is 18.2 Å². The molecular formula is C12H14N4O5S2. The molecule has 23 heavy (non-hydrogen) atoms. The van der Waals surface area contributed by atoms with Gasteiger partial charge in [-0.05, 0) is 36.4 Å². The smallest absolute Gasteiger partial charge is 0.313 e. The number of hydrogen-bond donors (Lipinski definition) is 4. The van der Waals surface area contributed by atoms with Gasteiger partial charge in [0, 0.05) is 11.4 Å². The van der Waals surface area contributed by atoms with Gasteiger partial charge < -0.3 is 22.9 Å². The van der Waals surface area contributed by atoms with E-state index in [1.54, 1.807) is 0 Å². The molecule has 0 saturated heterocycles. The minimum Gasteiger partial charge on any atom is -0.399 e. The highest BCUT2D eigenvalue weighted by atomic mass is 32.3. The van der Waals surface area contributed by atoms with Gasteiger partial charge >= 0.3 is 20.2 Å². The first kappa shape index (κ1) is 16.9. The zero-order chi connectivity index (χ0) is 17.4. The molecule has 0 aliphatic carbocycles. The van der Waals surface area contributed by atoms with Gasteiger partial charge in [0.25, 0.3) is 0 Å². The summed E-state index contributed by atoms with van der Waals surface area (Å²) in [5.41, 5.74) is 21.8. The van der Waals surface area contributed by atoms with Crippen LogP contribution in [0.1, 0.15) is 0 Å². The second-order valence-corrected chi connectivity index (χ2v) is 7.81. The maximum absolute atomic E-state index is 12.2. The van der Waals surface area contributed by atoms with Crippen LogP contribution in [0.15, 0.2) is 46.2 Å². The van der Waals surface area contributed by atoms with Crippen molar-refractivity contribution in [3.8, 4) is 0 Å². The quantitative estimate of drug-likeness (QED) is 0.551. The van der Waals surface area contributed by atoms with Gasteiger partial charge in [-0.25, -0.2) is 0 Å². The third kappa shape index (κ3) is 3.47. The Morgan fingerprint density at radius 3 is 1.78 bits per heavy atom. The number of benzene rings is 2. The molecule has 0 bridgehead atoms. The van der Waals surface area contributed by atoms with E-state index in [-0.39, 0.29) is 22.7 Å². The maximum atomic E-state index is 12.2. The monoisotopic (exact) mass is 358 g/mol. The Balaban J connectivity index is 2.49. The summed E-state index contributed by atoms with van der Waals surface area (Å²) in [5, 5.41) is 0. The van der Waals surface area contributed by atoms with E-state index in [0.717, 1.165) is 18.2 Å². The standard InChI is InChI=1S/C12H14N4O5S2/c13-7-2-4-11(10(16)5-7)22(17,18)21-23(19,20)12-6-8(14)1-3-9(12)15/h1-6H,13-16H2. The Labute approximate surface area is 133 Å². The van der Waals surface area contributed by atoms with Crippen LogP contribution in [0.2, 0.25) is 0 Å². The van der Waals surface area contributed by atoms with E-state index in [0.29, 0.717) is 0 Å². The van der Waals surface area contributed by atoms with Crippen LogP contribution >= 0.6 is 0 Å². The molecule has 0 amide bonds. The highest BCUT2D eigenvalue weighted by Crippen LogP contribution is 2.29. The van der Waals surface area contributed by atoms with Crippen molar-refractivity contribution in [3.05, 3.63) is 36.4 Å². The molecule has 9 nitrogen and oxygen atoms in total. The van der Waals surface area contributed by atoms with Crippen molar-refractivity contribution in [3.63, 3.8) is 0 Å². The van der Waals surface area contributed by atoms with Crippen LogP contribution in [0.3, 0.4) is 0 Å². The van der Waals surface area contributed by atoms with Crippen molar-refractivity contribution in [2.75, 3.05) is 22.9 Å². The molecular weight excluding hydrogens is 344 g/mol. The van der Waals surface area contributed by atoms with Crippen LogP contribution in [0, 0.1) is 0 Å². The summed E-state index contributed by atoms with van der Waals surface area (Å²) in [6.07, 6.45) is 0. The third-order valence-corrected chi connectivity index (χ3v) is 6.03. The van der Waals surface area contributed by atoms with Crippen molar-refractivity contribution >= 4 is 43.0 Å². The Bertz CT molecular complexity index is 971. The highest BCUT2D eigenvalue weighted by molar-refractivity contribution is 8.00. The highest BCUT2D eigenvalue weighted by Gasteiger charge is 2.30. The molecule has 11 heteroatoms. The molecule has 8 N–H and O–H groups in total. The summed E-state index contributed by atoms with van der Waals surface area (Å²) >= 11 is 0. The topological polar surface area (TPSA) is 182 Å². The molecule has 2 aromatic rings. The number of hydrogen-bond acceptors (Lipinski definition) is 9. The first-order valence-electron chi connectivity index (χ1n) is 6.04. The first-order chi connectivity index (χ1) is 10.5. The lowest BCUT2D eigenvalue weighted by Crippen LogP contribution is -2.17. The third-order valence-electron chi connectivity index (χ3n) is 2.79. The van der Waals surface area contributed by atoms with Crippen LogP contribution in [0.4, 0.5) is 22.7 Å². The minimum absolute atomic E-state index is 0.0748. The van der Waals surface area contributed by atoms with E-state index >= 15 is 0 Å². The Kier molecular flexibility index (Phi) is 4.11. The zero-order valence-electron chi connectivity index (χ0n) is 11.6. The van der Waals surface area contributed by atoms with Crippen LogP contribution in [-0.2, 0) is 23.9 Å². The van der Waals surface area contributed by atoms with Gasteiger partial charge in [0.2, 0.25) is 0 Å². The van der Waals surface area contributed by atoms with Gasteiger partial charge in [0.05, 0.1) is 11.4 Å². The minimum atomic E-state index is -4.73. The van der Waals surface area contributed by atoms with Crippen LogP contribution < -0.4 is 22.9 Å². The average molecular weight is 358 g/mol. The average Bonchev–Trinajstić information content (AvgIpc) is 2.39. The van der Waals surface area contributed by atoms with Crippen LogP contribution in [0.25, 0.3) is 0 Å². The molecule has 0 aliphatic heterocycles. The van der Waals surface area contributed by atoms with Crippen molar-refractivity contribution in [2.24, 2.45) is 0 Å². The summed E-state index contributed by atoms with van der Waals surface area (Å²) in [6.45, 7) is 0. The lowest BCUT2D eigenvalue weighted by atomic mass is 10.3. The Morgan fingerprint density at radius 2 is 1.17 bits per heavy atom. The lowest BCUT2D eigenvalue weighted by Gasteiger charge is -2.10. The van der Waals surface area contributed by atoms with Crippen molar-refractivity contribution < 1.29 is 20.5 Å². The number of rotatable bonds is 4. The summed E-state index contributed by atoms with van der Waals surface area (Å²) in [5.74, 6) is 0. The van der Waals surface area contributed by atoms with E-state index in [4.69, 9.17) is 22.9 Å². The summed E-state index contributed by atoms with van der Waals surface area (Å²) < 4.78 is 53.0. The van der Waals surface area contributed by atoms with Gasteiger partial charge in [-0.1, -0.05) is 0 Å². The van der Waals surface area contributed by atoms with E-state index in [1.807, 2.05) is 0 Å². The van der Waals surface area contributed by atoms with Gasteiger partial charge in [-0.3, -0.25) is 0 Å². The number of nitrogen functional groups attached to an aromatic ring is 4. The van der Waals surface area contributed by atoms with Crippen molar-refractivity contribution in [2.45, 2.75) is 9.79 Å². The molecule has 124 valence electrons. The molecule has 0 fully saturated rings. The largest absolute Gasteiger partial charge is 0.399 e. The number of anilines is 4. The molecule has 0 atom stereocenters. The normalized spacial score (nSPS) is 12.2. The van der Waals surface area contributed by atoms with Gasteiger partial charge in [0.1, 0.15) is 9.79 Å². The maximum Gasteiger partial charge on any atom is 0.313 e. The molecule has 2 rings (SSSR count). The molecule has 2 aromatic carbocycles. The molecule has 0 unspecified atom stereocenters. The first-order valence-corrected chi connectivity index (χ1v) is 8.86. The molecule has 0 radical (unpaired) electrons. The summed E-state index contributed by atoms with van der Waals surface area (Å²) in [4.78, 5) is -1.09. The van der Waals surface area contributed by atoms with E-state index in [2.05, 4.69) is 3.63 Å². The predicted molar refractivity (Wildman–Crippen MR) is 86.0 cm³/mol. The van der Waals surface area contributed by atoms with Crippen LogP contribution in [0.5, 0.6) is 0 Å². The molecule has 0 aliphatic rings. The molecule has 0 aromatic heterocycles. The van der Waals surface area contributed by atoms with Crippen LogP contribution in [-0.4, -0.2) is 16.8 Å². The Morgan fingerprint density at radius 1 is 0.652 bits per heavy atom. The summed E-state index contributed by atoms with van der Waals surface area (Å²) in [7, 11) is -9.43. The fourth-order valence-electron chi connectivity index (χ4n) is 1.75. The van der Waals surface area contributed by atoms with Crippen molar-refractivity contribution in [1.82, 2.24) is 0 Å². The fraction of sp³-hybridized carbons (Fsp3) is 0. The fourth-order valence-corrected chi connectivity index (χ4v) is 4.50. The van der Waals surface area contributed by atoms with E-state index < -0.39 is 30.0 Å². The SMILES string of the molecule is Nc1ccc(S(=O)(=O)OS(=O)(=O)c2cc(N)ccc2N)c(N)c1. The second kappa shape index (κ2) is 5.61. The van der Waals surface area contributed by atoms with Gasteiger partial charge in [-0.15, -0.1) is 3.63 Å². The van der Waals surface area contributed by atoms with Crippen molar-refractivity contribution in [1.29, 1.82) is 0 Å². The lowest BCUT2D eigenvalue weighted by molar-refractivity contribution is 0.462. The van der Waals surface area contributed by atoms with E-state index in [9.17, 15) is 16.8 Å². The number of nitrogens with two attached hydrogens (primary N) is 4. The molecule has 0 heterocycles.